The maximum Gasteiger partial charge on any atom is 0.0459 e. The lowest BCUT2D eigenvalue weighted by atomic mass is 9.82. The van der Waals surface area contributed by atoms with Crippen molar-refractivity contribution in [1.82, 2.24) is 9.97 Å². The molecule has 2 N–H and O–H groups in total. The van der Waals surface area contributed by atoms with Gasteiger partial charge in [-0.1, -0.05) is 68.5 Å². The molecular formula is C27H32N2. The normalized spacial score (nSPS) is 15.7. The van der Waals surface area contributed by atoms with E-state index in [9.17, 15) is 0 Å². The summed E-state index contributed by atoms with van der Waals surface area (Å²) in [7, 11) is 0. The first kappa shape index (κ1) is 18.5. The van der Waals surface area contributed by atoms with E-state index < -0.39 is 0 Å². The van der Waals surface area contributed by atoms with Gasteiger partial charge in [0.25, 0.3) is 0 Å². The number of nitrogens with one attached hydrogen (secondary N) is 2. The van der Waals surface area contributed by atoms with E-state index in [1.54, 1.807) is 0 Å². The predicted molar refractivity (Wildman–Crippen MR) is 124 cm³/mol. The third-order valence-electron chi connectivity index (χ3n) is 7.29. The molecule has 4 aromatic rings. The lowest BCUT2D eigenvalue weighted by Crippen LogP contribution is -2.11. The third kappa shape index (κ3) is 3.39. The fourth-order valence-electron chi connectivity index (χ4n) is 5.61. The zero-order valence-electron chi connectivity index (χ0n) is 17.7. The second kappa shape index (κ2) is 7.74. The Labute approximate surface area is 173 Å². The SMILES string of the molecule is Cc1c(C(CCC2CCCCC2)c2[nH]c3ccccc3c2C)[nH]c2ccccc12. The molecule has 0 spiro atoms. The van der Waals surface area contributed by atoms with Crippen LogP contribution in [0.2, 0.25) is 0 Å². The second-order valence-electron chi connectivity index (χ2n) is 9.05. The van der Waals surface area contributed by atoms with Gasteiger partial charge in [-0.15, -0.1) is 0 Å². The number of aromatic amines is 2. The summed E-state index contributed by atoms with van der Waals surface area (Å²) >= 11 is 0. The first-order valence-corrected chi connectivity index (χ1v) is 11.4. The highest BCUT2D eigenvalue weighted by Crippen LogP contribution is 2.39. The summed E-state index contributed by atoms with van der Waals surface area (Å²) in [5, 5.41) is 2.72. The Bertz CT molecular complexity index is 1040. The number of fused-ring (bicyclic) bond motifs is 2. The van der Waals surface area contributed by atoms with Crippen LogP contribution in [0.1, 0.15) is 73.4 Å². The van der Waals surface area contributed by atoms with Crippen molar-refractivity contribution in [1.29, 1.82) is 0 Å². The minimum Gasteiger partial charge on any atom is -0.358 e. The van der Waals surface area contributed by atoms with E-state index >= 15 is 0 Å². The highest BCUT2D eigenvalue weighted by Gasteiger charge is 2.25. The Morgan fingerprint density at radius 3 is 1.79 bits per heavy atom. The molecule has 0 atom stereocenters. The first-order chi connectivity index (χ1) is 14.2. The van der Waals surface area contributed by atoms with Gasteiger partial charge in [0, 0.05) is 39.1 Å². The van der Waals surface area contributed by atoms with Crippen molar-refractivity contribution in [2.75, 3.05) is 0 Å². The summed E-state index contributed by atoms with van der Waals surface area (Å²) < 4.78 is 0. The molecule has 2 aromatic carbocycles. The molecule has 2 heteroatoms. The van der Waals surface area contributed by atoms with Gasteiger partial charge in [-0.3, -0.25) is 0 Å². The lowest BCUT2D eigenvalue weighted by Gasteiger charge is -2.24. The number of benzene rings is 2. The Morgan fingerprint density at radius 1 is 0.759 bits per heavy atom. The van der Waals surface area contributed by atoms with Crippen LogP contribution in [0.25, 0.3) is 21.8 Å². The van der Waals surface area contributed by atoms with E-state index in [0.717, 1.165) is 5.92 Å². The van der Waals surface area contributed by atoms with Gasteiger partial charge >= 0.3 is 0 Å². The van der Waals surface area contributed by atoms with Crippen LogP contribution in [-0.4, -0.2) is 9.97 Å². The molecule has 0 aliphatic heterocycles. The van der Waals surface area contributed by atoms with Crippen LogP contribution in [0, 0.1) is 19.8 Å². The van der Waals surface area contributed by atoms with Gasteiger partial charge in [0.2, 0.25) is 0 Å². The Kier molecular flexibility index (Phi) is 4.95. The quantitative estimate of drug-likeness (QED) is 0.352. The van der Waals surface area contributed by atoms with Crippen molar-refractivity contribution < 1.29 is 0 Å². The number of aromatic nitrogens is 2. The molecule has 0 amide bonds. The van der Waals surface area contributed by atoms with Crippen molar-refractivity contribution in [2.24, 2.45) is 5.92 Å². The first-order valence-electron chi connectivity index (χ1n) is 11.4. The van der Waals surface area contributed by atoms with Gasteiger partial charge in [0.05, 0.1) is 0 Å². The van der Waals surface area contributed by atoms with E-state index in [-0.39, 0.29) is 0 Å². The van der Waals surface area contributed by atoms with Gasteiger partial charge in [0.1, 0.15) is 0 Å². The van der Waals surface area contributed by atoms with Gasteiger partial charge < -0.3 is 9.97 Å². The molecule has 2 aromatic heterocycles. The van der Waals surface area contributed by atoms with Crippen molar-refractivity contribution in [2.45, 2.75) is 64.7 Å². The summed E-state index contributed by atoms with van der Waals surface area (Å²) in [6.45, 7) is 4.58. The van der Waals surface area contributed by atoms with Crippen LogP contribution >= 0.6 is 0 Å². The second-order valence-corrected chi connectivity index (χ2v) is 9.05. The fraction of sp³-hybridized carbons (Fsp3) is 0.407. The molecular weight excluding hydrogens is 352 g/mol. The summed E-state index contributed by atoms with van der Waals surface area (Å²) in [6.07, 6.45) is 9.66. The molecule has 150 valence electrons. The molecule has 1 aliphatic rings. The summed E-state index contributed by atoms with van der Waals surface area (Å²) in [5.74, 6) is 1.30. The van der Waals surface area contributed by atoms with Gasteiger partial charge in [0.15, 0.2) is 0 Å². The molecule has 1 fully saturated rings. The van der Waals surface area contributed by atoms with Crippen molar-refractivity contribution in [3.8, 4) is 0 Å². The van der Waals surface area contributed by atoms with E-state index in [0.29, 0.717) is 5.92 Å². The van der Waals surface area contributed by atoms with Crippen molar-refractivity contribution in [3.05, 3.63) is 71.0 Å². The van der Waals surface area contributed by atoms with Crippen LogP contribution < -0.4 is 0 Å². The van der Waals surface area contributed by atoms with E-state index in [1.807, 2.05) is 0 Å². The van der Waals surface area contributed by atoms with Gasteiger partial charge in [-0.2, -0.15) is 0 Å². The Morgan fingerprint density at radius 2 is 1.28 bits per heavy atom. The molecule has 1 aliphatic carbocycles. The predicted octanol–water partition coefficient (Wildman–Crippen LogP) is 7.76. The summed E-state index contributed by atoms with van der Waals surface area (Å²) in [6, 6.07) is 17.5. The highest BCUT2D eigenvalue weighted by atomic mass is 14.8. The highest BCUT2D eigenvalue weighted by molar-refractivity contribution is 5.86. The average Bonchev–Trinajstić information content (AvgIpc) is 3.27. The maximum atomic E-state index is 3.80. The topological polar surface area (TPSA) is 31.6 Å². The Hall–Kier alpha value is -2.48. The number of para-hydroxylation sites is 2. The molecule has 1 saturated carbocycles. The minimum absolute atomic E-state index is 0.400. The van der Waals surface area contributed by atoms with Crippen LogP contribution in [0.5, 0.6) is 0 Å². The van der Waals surface area contributed by atoms with Crippen LogP contribution in [0.3, 0.4) is 0 Å². The van der Waals surface area contributed by atoms with Gasteiger partial charge in [-0.25, -0.2) is 0 Å². The van der Waals surface area contributed by atoms with E-state index in [2.05, 4.69) is 72.3 Å². The number of rotatable bonds is 5. The van der Waals surface area contributed by atoms with E-state index in [1.165, 1.54) is 89.3 Å². The zero-order valence-corrected chi connectivity index (χ0v) is 17.7. The number of aryl methyl sites for hydroxylation is 2. The van der Waals surface area contributed by atoms with Gasteiger partial charge in [-0.05, 0) is 55.9 Å². The smallest absolute Gasteiger partial charge is 0.0459 e. The molecule has 0 unspecified atom stereocenters. The number of hydrogen-bond donors (Lipinski definition) is 2. The Balaban J connectivity index is 1.57. The third-order valence-corrected chi connectivity index (χ3v) is 7.29. The molecule has 0 saturated heterocycles. The molecule has 29 heavy (non-hydrogen) atoms. The standard InChI is InChI=1S/C27H32N2/c1-18-21-12-6-8-14-24(21)28-26(18)23(17-16-20-10-4-3-5-11-20)27-19(2)22-13-7-9-15-25(22)29-27/h6-9,12-15,20,23,28-29H,3-5,10-11,16-17H2,1-2H3. The molecule has 2 nitrogen and oxygen atoms in total. The minimum atomic E-state index is 0.400. The summed E-state index contributed by atoms with van der Waals surface area (Å²) in [5.41, 5.74) is 8.14. The zero-order chi connectivity index (χ0) is 19.8. The fourth-order valence-corrected chi connectivity index (χ4v) is 5.61. The van der Waals surface area contributed by atoms with Crippen LogP contribution in [0.15, 0.2) is 48.5 Å². The number of H-pyrrole nitrogens is 2. The monoisotopic (exact) mass is 384 g/mol. The van der Waals surface area contributed by atoms with E-state index in [4.69, 9.17) is 0 Å². The average molecular weight is 385 g/mol. The summed E-state index contributed by atoms with van der Waals surface area (Å²) in [4.78, 5) is 7.60. The van der Waals surface area contributed by atoms with Crippen LogP contribution in [-0.2, 0) is 0 Å². The lowest BCUT2D eigenvalue weighted by molar-refractivity contribution is 0.326. The van der Waals surface area contributed by atoms with Crippen molar-refractivity contribution in [3.63, 3.8) is 0 Å². The van der Waals surface area contributed by atoms with Crippen molar-refractivity contribution >= 4 is 21.8 Å². The molecule has 0 bridgehead atoms. The molecule has 0 radical (unpaired) electrons. The van der Waals surface area contributed by atoms with Crippen LogP contribution in [0.4, 0.5) is 0 Å². The molecule has 2 heterocycles. The largest absolute Gasteiger partial charge is 0.358 e. The maximum absolute atomic E-state index is 3.80. The molecule has 5 rings (SSSR count). The number of hydrogen-bond acceptors (Lipinski definition) is 0.